The molecule has 0 N–H and O–H groups in total. The molecule has 0 aliphatic carbocycles. The zero-order valence-electron chi connectivity index (χ0n) is 16.4. The quantitative estimate of drug-likeness (QED) is 0.740. The molecule has 146 valence electrons. The second kappa shape index (κ2) is 8.44. The average molecular weight is 388 g/mol. The summed E-state index contributed by atoms with van der Waals surface area (Å²) in [6.45, 7) is 7.38. The van der Waals surface area contributed by atoms with E-state index in [9.17, 15) is 8.42 Å². The first-order valence-corrected chi connectivity index (χ1v) is 11.1. The molecule has 0 aromatic heterocycles. The number of ether oxygens (including phenoxy) is 1. The fraction of sp³-hybridized carbons (Fsp3) is 0.455. The van der Waals surface area contributed by atoms with Gasteiger partial charge >= 0.3 is 0 Å². The minimum Gasteiger partial charge on any atom is -0.492 e. The highest BCUT2D eigenvalue weighted by atomic mass is 32.2. The lowest BCUT2D eigenvalue weighted by Crippen LogP contribution is -2.39. The minimum atomic E-state index is -3.54. The van der Waals surface area contributed by atoms with Crippen LogP contribution in [-0.4, -0.2) is 32.4 Å². The van der Waals surface area contributed by atoms with Crippen molar-refractivity contribution in [3.05, 3.63) is 59.2 Å². The zero-order valence-corrected chi connectivity index (χ0v) is 17.3. The van der Waals surface area contributed by atoms with E-state index in [0.717, 1.165) is 30.4 Å². The standard InChI is InChI=1S/C22H29NO3S/c1-4-26-21-14-17(2)18(3)15-22(21)27(24,25)23-12-10-20(11-13-23)16-19-8-6-5-7-9-19/h5-9,14-15,20H,4,10-13,16H2,1-3H3. The summed E-state index contributed by atoms with van der Waals surface area (Å²) in [4.78, 5) is 0.300. The van der Waals surface area contributed by atoms with Crippen LogP contribution in [0.2, 0.25) is 0 Å². The van der Waals surface area contributed by atoms with Crippen molar-refractivity contribution in [2.75, 3.05) is 19.7 Å². The Bertz CT molecular complexity index is 870. The number of hydrogen-bond donors (Lipinski definition) is 0. The van der Waals surface area contributed by atoms with Crippen LogP contribution in [0.25, 0.3) is 0 Å². The Morgan fingerprint density at radius 3 is 2.30 bits per heavy atom. The fourth-order valence-electron chi connectivity index (χ4n) is 3.67. The molecule has 1 aliphatic rings. The number of hydrogen-bond acceptors (Lipinski definition) is 3. The average Bonchev–Trinajstić information content (AvgIpc) is 2.66. The number of benzene rings is 2. The second-order valence-electron chi connectivity index (χ2n) is 7.35. The fourth-order valence-corrected chi connectivity index (χ4v) is 5.34. The monoisotopic (exact) mass is 387 g/mol. The van der Waals surface area contributed by atoms with Crippen molar-refractivity contribution in [3.63, 3.8) is 0 Å². The van der Waals surface area contributed by atoms with Crippen LogP contribution in [0.15, 0.2) is 47.4 Å². The van der Waals surface area contributed by atoms with Crippen LogP contribution in [0.1, 0.15) is 36.5 Å². The molecular weight excluding hydrogens is 358 g/mol. The van der Waals surface area contributed by atoms with Crippen molar-refractivity contribution in [2.45, 2.75) is 44.9 Å². The van der Waals surface area contributed by atoms with Crippen LogP contribution in [0.5, 0.6) is 5.75 Å². The third kappa shape index (κ3) is 4.53. The summed E-state index contributed by atoms with van der Waals surface area (Å²) in [6.07, 6.45) is 2.80. The lowest BCUT2D eigenvalue weighted by Gasteiger charge is -2.31. The van der Waals surface area contributed by atoms with E-state index in [1.165, 1.54) is 5.56 Å². The first kappa shape index (κ1) is 19.9. The van der Waals surface area contributed by atoms with Crippen molar-refractivity contribution >= 4 is 10.0 Å². The van der Waals surface area contributed by atoms with Crippen LogP contribution in [0, 0.1) is 19.8 Å². The first-order chi connectivity index (χ1) is 12.9. The summed E-state index contributed by atoms with van der Waals surface area (Å²) >= 11 is 0. The molecule has 3 rings (SSSR count). The van der Waals surface area contributed by atoms with Gasteiger partial charge < -0.3 is 4.74 Å². The molecular formula is C22H29NO3S. The third-order valence-corrected chi connectivity index (χ3v) is 7.34. The summed E-state index contributed by atoms with van der Waals surface area (Å²) in [7, 11) is -3.54. The molecule has 0 unspecified atom stereocenters. The summed E-state index contributed by atoms with van der Waals surface area (Å²) in [6, 6.07) is 14.0. The molecule has 27 heavy (non-hydrogen) atoms. The summed E-state index contributed by atoms with van der Waals surface area (Å²) < 4.78 is 33.8. The lowest BCUT2D eigenvalue weighted by atomic mass is 9.91. The third-order valence-electron chi connectivity index (χ3n) is 5.42. The van der Waals surface area contributed by atoms with Crippen molar-refractivity contribution in [1.29, 1.82) is 0 Å². The van der Waals surface area contributed by atoms with Gasteiger partial charge in [-0.15, -0.1) is 0 Å². The molecule has 2 aromatic carbocycles. The van der Waals surface area contributed by atoms with Gasteiger partial charge in [0, 0.05) is 13.1 Å². The summed E-state index contributed by atoms with van der Waals surface area (Å²) in [5.74, 6) is 0.997. The predicted octanol–water partition coefficient (Wildman–Crippen LogP) is 4.35. The van der Waals surface area contributed by atoms with E-state index in [1.54, 1.807) is 10.4 Å². The molecule has 0 spiro atoms. The van der Waals surface area contributed by atoms with E-state index in [2.05, 4.69) is 24.3 Å². The highest BCUT2D eigenvalue weighted by molar-refractivity contribution is 7.89. The largest absolute Gasteiger partial charge is 0.492 e. The Hall–Kier alpha value is -1.85. The van der Waals surface area contributed by atoms with Gasteiger partial charge in [-0.3, -0.25) is 0 Å². The molecule has 0 amide bonds. The molecule has 1 heterocycles. The molecule has 1 saturated heterocycles. The first-order valence-electron chi connectivity index (χ1n) is 9.70. The topological polar surface area (TPSA) is 46.6 Å². The molecule has 1 aliphatic heterocycles. The van der Waals surface area contributed by atoms with Crippen LogP contribution in [0.4, 0.5) is 0 Å². The molecule has 0 atom stereocenters. The SMILES string of the molecule is CCOc1cc(C)c(C)cc1S(=O)(=O)N1CCC(Cc2ccccc2)CC1. The van der Waals surface area contributed by atoms with Gasteiger partial charge in [-0.2, -0.15) is 4.31 Å². The van der Waals surface area contributed by atoms with E-state index < -0.39 is 10.0 Å². The predicted molar refractivity (Wildman–Crippen MR) is 109 cm³/mol. The lowest BCUT2D eigenvalue weighted by molar-refractivity contribution is 0.271. The molecule has 0 saturated carbocycles. The van der Waals surface area contributed by atoms with E-state index in [-0.39, 0.29) is 0 Å². The Labute approximate surface area is 163 Å². The number of nitrogens with zero attached hydrogens (tertiary/aromatic N) is 1. The van der Waals surface area contributed by atoms with Crippen LogP contribution in [0.3, 0.4) is 0 Å². The maximum absolute atomic E-state index is 13.3. The van der Waals surface area contributed by atoms with Crippen LogP contribution in [-0.2, 0) is 16.4 Å². The number of rotatable bonds is 6. The highest BCUT2D eigenvalue weighted by Crippen LogP contribution is 2.32. The maximum atomic E-state index is 13.3. The molecule has 0 radical (unpaired) electrons. The maximum Gasteiger partial charge on any atom is 0.246 e. The Kier molecular flexibility index (Phi) is 6.22. The highest BCUT2D eigenvalue weighted by Gasteiger charge is 2.32. The number of sulfonamides is 1. The van der Waals surface area contributed by atoms with Gasteiger partial charge in [0.2, 0.25) is 10.0 Å². The Morgan fingerprint density at radius 2 is 1.67 bits per heavy atom. The van der Waals surface area contributed by atoms with E-state index >= 15 is 0 Å². The number of aryl methyl sites for hydroxylation is 2. The minimum absolute atomic E-state index is 0.300. The molecule has 4 nitrogen and oxygen atoms in total. The van der Waals surface area contributed by atoms with E-state index in [1.807, 2.05) is 32.9 Å². The normalized spacial score (nSPS) is 16.4. The van der Waals surface area contributed by atoms with Gasteiger partial charge in [0.25, 0.3) is 0 Å². The summed E-state index contributed by atoms with van der Waals surface area (Å²) in [5, 5.41) is 0. The zero-order chi connectivity index (χ0) is 19.4. The molecule has 2 aromatic rings. The van der Waals surface area contributed by atoms with Gasteiger partial charge in [0.15, 0.2) is 0 Å². The smallest absolute Gasteiger partial charge is 0.246 e. The van der Waals surface area contributed by atoms with Crippen LogP contribution < -0.4 is 4.74 Å². The summed E-state index contributed by atoms with van der Waals surface area (Å²) in [5.41, 5.74) is 3.33. The van der Waals surface area contributed by atoms with Gasteiger partial charge in [-0.25, -0.2) is 8.42 Å². The van der Waals surface area contributed by atoms with Crippen molar-refractivity contribution in [1.82, 2.24) is 4.31 Å². The van der Waals surface area contributed by atoms with E-state index in [0.29, 0.717) is 36.3 Å². The van der Waals surface area contributed by atoms with E-state index in [4.69, 9.17) is 4.74 Å². The van der Waals surface area contributed by atoms with Crippen molar-refractivity contribution < 1.29 is 13.2 Å². The number of piperidine rings is 1. The van der Waals surface area contributed by atoms with Crippen molar-refractivity contribution in [2.24, 2.45) is 5.92 Å². The van der Waals surface area contributed by atoms with Crippen molar-refractivity contribution in [3.8, 4) is 5.75 Å². The molecule has 5 heteroatoms. The Morgan fingerprint density at radius 1 is 1.04 bits per heavy atom. The van der Waals surface area contributed by atoms with Crippen LogP contribution >= 0.6 is 0 Å². The Balaban J connectivity index is 1.74. The van der Waals surface area contributed by atoms with Gasteiger partial charge in [-0.1, -0.05) is 30.3 Å². The van der Waals surface area contributed by atoms with Gasteiger partial charge in [0.1, 0.15) is 10.6 Å². The molecule has 0 bridgehead atoms. The van der Waals surface area contributed by atoms with Gasteiger partial charge in [-0.05, 0) is 74.8 Å². The van der Waals surface area contributed by atoms with Gasteiger partial charge in [0.05, 0.1) is 6.61 Å². The second-order valence-corrected chi connectivity index (χ2v) is 9.26. The molecule has 1 fully saturated rings.